The molecule has 9 heteroatoms. The highest BCUT2D eigenvalue weighted by Gasteiger charge is 2.24. The summed E-state index contributed by atoms with van der Waals surface area (Å²) in [5, 5.41) is 9.25. The Morgan fingerprint density at radius 3 is 3.14 bits per heavy atom. The third-order valence-electron chi connectivity index (χ3n) is 3.21. The monoisotopic (exact) mass is 324 g/mol. The fraction of sp³-hybridized carbons (Fsp3) is 0.385. The van der Waals surface area contributed by atoms with Gasteiger partial charge in [0.25, 0.3) is 0 Å². The van der Waals surface area contributed by atoms with Crippen LogP contribution in [0.5, 0.6) is 5.88 Å². The van der Waals surface area contributed by atoms with Crippen LogP contribution < -0.4 is 4.74 Å². The minimum atomic E-state index is -0.967. The van der Waals surface area contributed by atoms with E-state index in [1.807, 2.05) is 0 Å². The molecule has 1 aliphatic heterocycles. The summed E-state index contributed by atoms with van der Waals surface area (Å²) < 4.78 is 11.1. The van der Waals surface area contributed by atoms with Gasteiger partial charge in [-0.3, -0.25) is 4.98 Å². The zero-order valence-electron chi connectivity index (χ0n) is 11.5. The summed E-state index contributed by atoms with van der Waals surface area (Å²) in [4.78, 5) is 24.7. The van der Waals surface area contributed by atoms with E-state index in [-0.39, 0.29) is 30.3 Å². The number of carbonyl (C=O) groups is 1. The number of fused-ring (bicyclic) bond motifs is 1. The van der Waals surface area contributed by atoms with Gasteiger partial charge in [-0.15, -0.1) is 0 Å². The molecule has 0 unspecified atom stereocenters. The summed E-state index contributed by atoms with van der Waals surface area (Å²) >= 11 is 5.93. The molecule has 1 amide bonds. The molecule has 3 rings (SSSR count). The molecule has 8 nitrogen and oxygen atoms in total. The Morgan fingerprint density at radius 1 is 1.50 bits per heavy atom. The Hall–Kier alpha value is -2.19. The molecular formula is C13H13ClN4O4. The van der Waals surface area contributed by atoms with E-state index in [1.54, 1.807) is 12.3 Å². The van der Waals surface area contributed by atoms with Crippen molar-refractivity contribution in [2.75, 3.05) is 26.3 Å². The van der Waals surface area contributed by atoms with Gasteiger partial charge in [0.15, 0.2) is 5.52 Å². The third kappa shape index (κ3) is 3.18. The maximum atomic E-state index is 11.0. The van der Waals surface area contributed by atoms with E-state index in [0.717, 1.165) is 0 Å². The standard InChI is InChI=1S/C13H13ClN4O4/c14-10-5-9-11(16-2-1-15-9)12(17-10)22-7-8-6-18(13(19)20)3-4-21-8/h1-2,5,8H,3-4,6-7H2,(H,19,20)/t8-/m0/s1. The van der Waals surface area contributed by atoms with Crippen LogP contribution in [0.25, 0.3) is 11.0 Å². The van der Waals surface area contributed by atoms with Gasteiger partial charge < -0.3 is 19.5 Å². The number of aromatic nitrogens is 3. The number of nitrogens with zero attached hydrogens (tertiary/aromatic N) is 4. The van der Waals surface area contributed by atoms with Crippen LogP contribution in [0.4, 0.5) is 4.79 Å². The zero-order valence-corrected chi connectivity index (χ0v) is 12.2. The molecule has 22 heavy (non-hydrogen) atoms. The molecule has 0 bridgehead atoms. The molecular weight excluding hydrogens is 312 g/mol. The largest absolute Gasteiger partial charge is 0.473 e. The van der Waals surface area contributed by atoms with Crippen molar-refractivity contribution in [2.24, 2.45) is 0 Å². The number of hydrogen-bond donors (Lipinski definition) is 1. The lowest BCUT2D eigenvalue weighted by Gasteiger charge is -2.30. The minimum absolute atomic E-state index is 0.156. The minimum Gasteiger partial charge on any atom is -0.473 e. The topological polar surface area (TPSA) is 97.7 Å². The van der Waals surface area contributed by atoms with Crippen molar-refractivity contribution >= 4 is 28.7 Å². The maximum absolute atomic E-state index is 11.0. The summed E-state index contributed by atoms with van der Waals surface area (Å²) in [6, 6.07) is 1.60. The second kappa shape index (κ2) is 6.29. The van der Waals surface area contributed by atoms with Crippen molar-refractivity contribution in [3.63, 3.8) is 0 Å². The number of morpholine rings is 1. The zero-order chi connectivity index (χ0) is 15.5. The fourth-order valence-corrected chi connectivity index (χ4v) is 2.36. The molecule has 116 valence electrons. The molecule has 0 saturated carbocycles. The number of carboxylic acid groups (broad SMARTS) is 1. The van der Waals surface area contributed by atoms with Crippen LogP contribution in [-0.2, 0) is 4.74 Å². The van der Waals surface area contributed by atoms with Gasteiger partial charge in [0.1, 0.15) is 17.9 Å². The highest BCUT2D eigenvalue weighted by molar-refractivity contribution is 6.30. The van der Waals surface area contributed by atoms with Gasteiger partial charge in [0.2, 0.25) is 5.88 Å². The average Bonchev–Trinajstić information content (AvgIpc) is 2.52. The van der Waals surface area contributed by atoms with E-state index in [2.05, 4.69) is 15.0 Å². The van der Waals surface area contributed by atoms with Crippen LogP contribution in [0, 0.1) is 0 Å². The molecule has 1 saturated heterocycles. The first-order valence-electron chi connectivity index (χ1n) is 6.63. The lowest BCUT2D eigenvalue weighted by Crippen LogP contribution is -2.47. The molecule has 1 N–H and O–H groups in total. The van der Waals surface area contributed by atoms with E-state index in [0.29, 0.717) is 24.2 Å². The Bertz CT molecular complexity index is 699. The van der Waals surface area contributed by atoms with Crippen LogP contribution in [0.2, 0.25) is 5.15 Å². The van der Waals surface area contributed by atoms with Crippen LogP contribution in [0.1, 0.15) is 0 Å². The third-order valence-corrected chi connectivity index (χ3v) is 3.40. The predicted molar refractivity (Wildman–Crippen MR) is 77.2 cm³/mol. The molecule has 2 aromatic heterocycles. The van der Waals surface area contributed by atoms with Crippen molar-refractivity contribution in [3.05, 3.63) is 23.6 Å². The van der Waals surface area contributed by atoms with Crippen LogP contribution in [0.3, 0.4) is 0 Å². The van der Waals surface area contributed by atoms with Gasteiger partial charge in [-0.25, -0.2) is 9.78 Å². The van der Waals surface area contributed by atoms with Crippen LogP contribution in [0.15, 0.2) is 18.5 Å². The molecule has 3 heterocycles. The van der Waals surface area contributed by atoms with E-state index in [9.17, 15) is 4.79 Å². The van der Waals surface area contributed by atoms with Crippen molar-refractivity contribution in [3.8, 4) is 5.88 Å². The van der Waals surface area contributed by atoms with E-state index < -0.39 is 6.09 Å². The number of amides is 1. The van der Waals surface area contributed by atoms with Gasteiger partial charge in [0.05, 0.1) is 18.7 Å². The molecule has 0 aromatic carbocycles. The first-order valence-corrected chi connectivity index (χ1v) is 7.01. The Kier molecular flexibility index (Phi) is 4.21. The summed E-state index contributed by atoms with van der Waals surface area (Å²) in [6.45, 7) is 1.10. The summed E-state index contributed by atoms with van der Waals surface area (Å²) in [5.41, 5.74) is 1.08. The van der Waals surface area contributed by atoms with Gasteiger partial charge >= 0.3 is 6.09 Å². The molecule has 2 aromatic rings. The number of rotatable bonds is 3. The highest BCUT2D eigenvalue weighted by Crippen LogP contribution is 2.23. The number of pyridine rings is 1. The Labute approximate surface area is 130 Å². The average molecular weight is 325 g/mol. The van der Waals surface area contributed by atoms with E-state index >= 15 is 0 Å². The van der Waals surface area contributed by atoms with Crippen molar-refractivity contribution in [1.82, 2.24) is 19.9 Å². The number of ether oxygens (including phenoxy) is 2. The first-order chi connectivity index (χ1) is 10.6. The second-order valence-electron chi connectivity index (χ2n) is 4.71. The van der Waals surface area contributed by atoms with Gasteiger partial charge in [-0.1, -0.05) is 11.6 Å². The highest BCUT2D eigenvalue weighted by atomic mass is 35.5. The van der Waals surface area contributed by atoms with Crippen molar-refractivity contribution in [1.29, 1.82) is 0 Å². The molecule has 0 spiro atoms. The lowest BCUT2D eigenvalue weighted by atomic mass is 10.3. The molecule has 1 aliphatic rings. The molecule has 0 radical (unpaired) electrons. The SMILES string of the molecule is O=C(O)N1CCO[C@H](COc2nc(Cl)cc3nccnc23)C1. The summed E-state index contributed by atoms with van der Waals surface area (Å²) in [5.74, 6) is 0.256. The van der Waals surface area contributed by atoms with Gasteiger partial charge in [-0.05, 0) is 0 Å². The van der Waals surface area contributed by atoms with Crippen molar-refractivity contribution < 1.29 is 19.4 Å². The second-order valence-corrected chi connectivity index (χ2v) is 5.09. The van der Waals surface area contributed by atoms with Gasteiger partial charge in [0, 0.05) is 25.0 Å². The normalized spacial score (nSPS) is 18.4. The number of hydrogen-bond acceptors (Lipinski definition) is 6. The predicted octanol–water partition coefficient (Wildman–Crippen LogP) is 1.44. The number of halogens is 1. The van der Waals surface area contributed by atoms with Crippen LogP contribution >= 0.6 is 11.6 Å². The first kappa shape index (κ1) is 14.7. The van der Waals surface area contributed by atoms with Crippen molar-refractivity contribution in [2.45, 2.75) is 6.10 Å². The Balaban J connectivity index is 1.72. The molecule has 1 fully saturated rings. The van der Waals surface area contributed by atoms with E-state index in [1.165, 1.54) is 11.1 Å². The van der Waals surface area contributed by atoms with Crippen LogP contribution in [-0.4, -0.2) is 63.5 Å². The fourth-order valence-electron chi connectivity index (χ4n) is 2.18. The Morgan fingerprint density at radius 2 is 2.32 bits per heavy atom. The smallest absolute Gasteiger partial charge is 0.407 e. The maximum Gasteiger partial charge on any atom is 0.407 e. The molecule has 0 aliphatic carbocycles. The quantitative estimate of drug-likeness (QED) is 0.853. The summed E-state index contributed by atoms with van der Waals surface area (Å²) in [7, 11) is 0. The molecule has 1 atom stereocenters. The van der Waals surface area contributed by atoms with Gasteiger partial charge in [-0.2, -0.15) is 4.98 Å². The lowest BCUT2D eigenvalue weighted by molar-refractivity contribution is -0.0416. The van der Waals surface area contributed by atoms with E-state index in [4.69, 9.17) is 26.2 Å². The summed E-state index contributed by atoms with van der Waals surface area (Å²) in [6.07, 6.45) is 1.76.